The minimum absolute atomic E-state index is 0.202. The van der Waals surface area contributed by atoms with Crippen LogP contribution in [0.5, 0.6) is 0 Å². The lowest BCUT2D eigenvalue weighted by Crippen LogP contribution is -2.36. The lowest BCUT2D eigenvalue weighted by Gasteiger charge is -2.36. The van der Waals surface area contributed by atoms with Gasteiger partial charge in [-0.15, -0.1) is 0 Å². The molecule has 0 fully saturated rings. The van der Waals surface area contributed by atoms with Crippen molar-refractivity contribution in [2.75, 3.05) is 13.2 Å². The fourth-order valence-corrected chi connectivity index (χ4v) is 2.39. The van der Waals surface area contributed by atoms with Gasteiger partial charge in [0.05, 0.1) is 13.2 Å². The highest BCUT2D eigenvalue weighted by Gasteiger charge is 2.33. The van der Waals surface area contributed by atoms with Gasteiger partial charge in [0.1, 0.15) is 0 Å². The second kappa shape index (κ2) is 6.57. The van der Waals surface area contributed by atoms with E-state index < -0.39 is 0 Å². The Hall–Kier alpha value is -1.32. The summed E-state index contributed by atoms with van der Waals surface area (Å²) in [4.78, 5) is 21.8. The molecule has 4 nitrogen and oxygen atoms in total. The average Bonchev–Trinajstić information content (AvgIpc) is 2.28. The van der Waals surface area contributed by atoms with E-state index in [1.807, 2.05) is 0 Å². The molecule has 102 valence electrons. The summed E-state index contributed by atoms with van der Waals surface area (Å²) in [5.41, 5.74) is 0. The van der Waals surface area contributed by atoms with Gasteiger partial charge >= 0.3 is 11.9 Å². The van der Waals surface area contributed by atoms with Crippen molar-refractivity contribution in [2.45, 2.75) is 27.7 Å². The van der Waals surface area contributed by atoms with E-state index in [-0.39, 0.29) is 23.8 Å². The molecule has 1 aliphatic carbocycles. The van der Waals surface area contributed by atoms with Crippen molar-refractivity contribution >= 4 is 11.9 Å². The van der Waals surface area contributed by atoms with Crippen LogP contribution in [0.1, 0.15) is 27.7 Å². The largest absolute Gasteiger partial charge is 0.466 e. The Balaban J connectivity index is 2.68. The third-order valence-electron chi connectivity index (χ3n) is 3.58. The molecule has 0 bridgehead atoms. The maximum atomic E-state index is 10.9. The van der Waals surface area contributed by atoms with E-state index in [1.54, 1.807) is 0 Å². The van der Waals surface area contributed by atoms with Crippen molar-refractivity contribution in [2.24, 2.45) is 23.7 Å². The van der Waals surface area contributed by atoms with Crippen LogP contribution < -0.4 is 0 Å². The Morgan fingerprint density at radius 1 is 0.889 bits per heavy atom. The average molecular weight is 254 g/mol. The fraction of sp³-hybridized carbons (Fsp3) is 0.714. The minimum Gasteiger partial charge on any atom is -0.466 e. The number of hydrogen-bond acceptors (Lipinski definition) is 4. The van der Waals surface area contributed by atoms with Gasteiger partial charge in [-0.3, -0.25) is 9.59 Å². The normalized spacial score (nSPS) is 30.9. The molecule has 0 heterocycles. The minimum atomic E-state index is -0.268. The van der Waals surface area contributed by atoms with Crippen LogP contribution in [0.3, 0.4) is 0 Å². The Labute approximate surface area is 108 Å². The van der Waals surface area contributed by atoms with E-state index in [0.717, 1.165) is 0 Å². The third-order valence-corrected chi connectivity index (χ3v) is 3.58. The van der Waals surface area contributed by atoms with E-state index >= 15 is 0 Å². The molecule has 0 aromatic rings. The number of ether oxygens (including phenoxy) is 2. The van der Waals surface area contributed by atoms with Crippen LogP contribution >= 0.6 is 0 Å². The third kappa shape index (κ3) is 4.17. The first kappa shape index (κ1) is 14.7. The summed E-state index contributed by atoms with van der Waals surface area (Å²) in [6.45, 7) is 7.78. The molecule has 4 atom stereocenters. The second-order valence-electron chi connectivity index (χ2n) is 5.04. The van der Waals surface area contributed by atoms with Crippen molar-refractivity contribution in [3.63, 3.8) is 0 Å². The number of rotatable bonds is 4. The smallest absolute Gasteiger partial charge is 0.302 e. The SMILES string of the molecule is CC(=O)OC[C@@H]1[C@H](COC(C)=O)[C@@H](C)C=C[C@H]1C. The summed E-state index contributed by atoms with van der Waals surface area (Å²) in [7, 11) is 0. The molecule has 0 amide bonds. The highest BCUT2D eigenvalue weighted by molar-refractivity contribution is 5.66. The highest BCUT2D eigenvalue weighted by Crippen LogP contribution is 2.34. The van der Waals surface area contributed by atoms with Gasteiger partial charge in [-0.05, 0) is 11.8 Å². The molecule has 0 N–H and O–H groups in total. The zero-order valence-corrected chi connectivity index (χ0v) is 11.5. The first-order chi connectivity index (χ1) is 8.41. The van der Waals surface area contributed by atoms with Crippen LogP contribution in [0.15, 0.2) is 12.2 Å². The van der Waals surface area contributed by atoms with E-state index in [4.69, 9.17) is 9.47 Å². The first-order valence-electron chi connectivity index (χ1n) is 6.37. The molecule has 0 unspecified atom stereocenters. The molecule has 0 aromatic carbocycles. The van der Waals surface area contributed by atoms with Gasteiger partial charge in [0, 0.05) is 25.7 Å². The highest BCUT2D eigenvalue weighted by atomic mass is 16.5. The first-order valence-corrected chi connectivity index (χ1v) is 6.37. The molecule has 0 radical (unpaired) electrons. The standard InChI is InChI=1S/C14H22O4/c1-9-5-6-10(2)14(8-18-12(4)16)13(9)7-17-11(3)15/h5-6,9-10,13-14H,7-8H2,1-4H3/t9-,10+,13+,14-. The summed E-state index contributed by atoms with van der Waals surface area (Å²) in [6, 6.07) is 0. The van der Waals surface area contributed by atoms with Crippen molar-refractivity contribution in [3.8, 4) is 0 Å². The van der Waals surface area contributed by atoms with Crippen molar-refractivity contribution in [1.82, 2.24) is 0 Å². The van der Waals surface area contributed by atoms with Gasteiger partial charge < -0.3 is 9.47 Å². The molecular formula is C14H22O4. The molecule has 1 rings (SSSR count). The Morgan fingerprint density at radius 2 is 1.22 bits per heavy atom. The molecule has 0 spiro atoms. The lowest BCUT2D eigenvalue weighted by molar-refractivity contribution is -0.148. The quantitative estimate of drug-likeness (QED) is 0.570. The Bertz CT molecular complexity index is 303. The molecule has 18 heavy (non-hydrogen) atoms. The predicted molar refractivity (Wildman–Crippen MR) is 67.7 cm³/mol. The van der Waals surface area contributed by atoms with E-state index in [1.165, 1.54) is 13.8 Å². The van der Waals surface area contributed by atoms with Gasteiger partial charge in [0.15, 0.2) is 0 Å². The summed E-state index contributed by atoms with van der Waals surface area (Å²) in [6.07, 6.45) is 4.28. The van der Waals surface area contributed by atoms with Crippen LogP contribution in [-0.4, -0.2) is 25.2 Å². The van der Waals surface area contributed by atoms with E-state index in [0.29, 0.717) is 25.0 Å². The molecule has 1 aliphatic rings. The summed E-state index contributed by atoms with van der Waals surface area (Å²) in [5.74, 6) is 0.509. The van der Waals surface area contributed by atoms with Gasteiger partial charge in [-0.1, -0.05) is 26.0 Å². The molecule has 0 aliphatic heterocycles. The number of esters is 2. The lowest BCUT2D eigenvalue weighted by atomic mass is 9.72. The predicted octanol–water partition coefficient (Wildman–Crippen LogP) is 2.19. The van der Waals surface area contributed by atoms with Crippen molar-refractivity contribution in [3.05, 3.63) is 12.2 Å². The summed E-state index contributed by atoms with van der Waals surface area (Å²) < 4.78 is 10.2. The van der Waals surface area contributed by atoms with Crippen molar-refractivity contribution < 1.29 is 19.1 Å². The van der Waals surface area contributed by atoms with Gasteiger partial charge in [-0.25, -0.2) is 0 Å². The Kier molecular flexibility index (Phi) is 5.38. The topological polar surface area (TPSA) is 52.6 Å². The molecule has 4 heteroatoms. The van der Waals surface area contributed by atoms with Crippen LogP contribution in [0.2, 0.25) is 0 Å². The maximum absolute atomic E-state index is 10.9. The second-order valence-corrected chi connectivity index (χ2v) is 5.04. The van der Waals surface area contributed by atoms with Crippen LogP contribution in [0.4, 0.5) is 0 Å². The molecular weight excluding hydrogens is 232 g/mol. The van der Waals surface area contributed by atoms with E-state index in [9.17, 15) is 9.59 Å². The van der Waals surface area contributed by atoms with Gasteiger partial charge in [0.2, 0.25) is 0 Å². The number of allylic oxidation sites excluding steroid dienone is 2. The van der Waals surface area contributed by atoms with Crippen LogP contribution in [0, 0.1) is 23.7 Å². The zero-order chi connectivity index (χ0) is 13.7. The molecule has 0 saturated carbocycles. The molecule has 0 saturated heterocycles. The Morgan fingerprint density at radius 3 is 1.50 bits per heavy atom. The number of carbonyl (C=O) groups is 2. The molecule has 0 aromatic heterocycles. The fourth-order valence-electron chi connectivity index (χ4n) is 2.39. The van der Waals surface area contributed by atoms with Crippen LogP contribution in [0.25, 0.3) is 0 Å². The maximum Gasteiger partial charge on any atom is 0.302 e. The zero-order valence-electron chi connectivity index (χ0n) is 11.5. The summed E-state index contributed by atoms with van der Waals surface area (Å²) in [5, 5.41) is 0. The van der Waals surface area contributed by atoms with Crippen molar-refractivity contribution in [1.29, 1.82) is 0 Å². The van der Waals surface area contributed by atoms with Gasteiger partial charge in [0.25, 0.3) is 0 Å². The number of hydrogen-bond donors (Lipinski definition) is 0. The van der Waals surface area contributed by atoms with Crippen LogP contribution in [-0.2, 0) is 19.1 Å². The number of carbonyl (C=O) groups excluding carboxylic acids is 2. The monoisotopic (exact) mass is 254 g/mol. The van der Waals surface area contributed by atoms with E-state index in [2.05, 4.69) is 26.0 Å². The summed E-state index contributed by atoms with van der Waals surface area (Å²) >= 11 is 0. The van der Waals surface area contributed by atoms with Gasteiger partial charge in [-0.2, -0.15) is 0 Å².